The van der Waals surface area contributed by atoms with E-state index in [2.05, 4.69) is 0 Å². The van der Waals surface area contributed by atoms with Crippen LogP contribution in [0.3, 0.4) is 0 Å². The normalized spacial score (nSPS) is 10.5. The molecule has 2 amide bonds. The summed E-state index contributed by atoms with van der Waals surface area (Å²) in [6.07, 6.45) is 0. The van der Waals surface area contributed by atoms with Gasteiger partial charge in [0.1, 0.15) is 0 Å². The Kier molecular flexibility index (Phi) is 6.87. The number of hydrogen-bond donors (Lipinski definition) is 0. The molecule has 0 aliphatic heterocycles. The summed E-state index contributed by atoms with van der Waals surface area (Å²) in [7, 11) is 0. The first-order valence-electron chi connectivity index (χ1n) is 12.0. The van der Waals surface area contributed by atoms with Gasteiger partial charge in [-0.15, -0.1) is 0 Å². The van der Waals surface area contributed by atoms with Gasteiger partial charge in [0.05, 0.1) is 10.6 Å². The summed E-state index contributed by atoms with van der Waals surface area (Å²) < 4.78 is 0. The van der Waals surface area contributed by atoms with Crippen LogP contribution >= 0.6 is 0 Å². The maximum atomic E-state index is 13.7. The number of anilines is 1. The number of amides is 2. The fraction of sp³-hybridized carbons (Fsp3) is 0. The molecule has 0 atom stereocenters. The van der Waals surface area contributed by atoms with Crippen molar-refractivity contribution in [2.75, 3.05) is 4.90 Å². The van der Waals surface area contributed by atoms with Crippen molar-refractivity contribution in [3.8, 4) is 22.3 Å². The van der Waals surface area contributed by atoms with Gasteiger partial charge in [-0.3, -0.25) is 19.7 Å². The third-order valence-corrected chi connectivity index (χ3v) is 6.20. The molecule has 184 valence electrons. The number of rotatable bonds is 6. The molecule has 0 bridgehead atoms. The summed E-state index contributed by atoms with van der Waals surface area (Å²) >= 11 is 0. The van der Waals surface area contributed by atoms with Gasteiger partial charge in [0.25, 0.3) is 17.5 Å². The first-order valence-corrected chi connectivity index (χ1v) is 12.0. The number of imide groups is 1. The fourth-order valence-electron chi connectivity index (χ4n) is 4.18. The topological polar surface area (TPSA) is 80.5 Å². The number of carbonyl (C=O) groups is 2. The van der Waals surface area contributed by atoms with E-state index in [9.17, 15) is 19.7 Å². The second-order valence-corrected chi connectivity index (χ2v) is 8.61. The molecule has 6 nitrogen and oxygen atoms in total. The lowest BCUT2D eigenvalue weighted by Gasteiger charge is -2.21. The zero-order valence-corrected chi connectivity index (χ0v) is 20.2. The first kappa shape index (κ1) is 24.3. The van der Waals surface area contributed by atoms with Crippen molar-refractivity contribution in [2.45, 2.75) is 0 Å². The minimum atomic E-state index is -0.532. The van der Waals surface area contributed by atoms with Crippen molar-refractivity contribution in [3.63, 3.8) is 0 Å². The van der Waals surface area contributed by atoms with Crippen LogP contribution in [0.4, 0.5) is 11.4 Å². The molecule has 0 fully saturated rings. The Balaban J connectivity index is 1.49. The molecule has 5 aromatic rings. The Bertz CT molecular complexity index is 1490. The average molecular weight is 499 g/mol. The molecule has 0 aliphatic carbocycles. The van der Waals surface area contributed by atoms with E-state index < -0.39 is 16.7 Å². The summed E-state index contributed by atoms with van der Waals surface area (Å²) in [6, 6.07) is 38.9. The third-order valence-electron chi connectivity index (χ3n) is 6.20. The maximum absolute atomic E-state index is 13.7. The lowest BCUT2D eigenvalue weighted by molar-refractivity contribution is -0.384. The quantitative estimate of drug-likeness (QED) is 0.139. The van der Waals surface area contributed by atoms with Crippen LogP contribution < -0.4 is 4.90 Å². The highest BCUT2D eigenvalue weighted by Gasteiger charge is 2.26. The summed E-state index contributed by atoms with van der Waals surface area (Å²) in [4.78, 5) is 39.1. The number of non-ortho nitro benzene ring substituents is 1. The zero-order valence-electron chi connectivity index (χ0n) is 20.2. The van der Waals surface area contributed by atoms with Crippen molar-refractivity contribution >= 4 is 23.2 Å². The van der Waals surface area contributed by atoms with Crippen LogP contribution in [0.1, 0.15) is 20.7 Å². The predicted molar refractivity (Wildman–Crippen MR) is 148 cm³/mol. The van der Waals surface area contributed by atoms with Gasteiger partial charge in [-0.2, -0.15) is 0 Å². The van der Waals surface area contributed by atoms with Gasteiger partial charge >= 0.3 is 0 Å². The van der Waals surface area contributed by atoms with Crippen LogP contribution in [0, 0.1) is 10.1 Å². The van der Waals surface area contributed by atoms with E-state index in [-0.39, 0.29) is 11.4 Å². The summed E-state index contributed by atoms with van der Waals surface area (Å²) in [5.41, 5.74) is 4.63. The SMILES string of the molecule is O=C(c1ccc(-c2ccccc2)cc1)N(C(=O)c1ccc(-c2ccccc2)cc1)c1ccc([N+](=O)[O-])cc1. The van der Waals surface area contributed by atoms with Crippen LogP contribution in [0.25, 0.3) is 22.3 Å². The lowest BCUT2D eigenvalue weighted by atomic mass is 10.0. The van der Waals surface area contributed by atoms with Crippen molar-refractivity contribution in [3.05, 3.63) is 155 Å². The van der Waals surface area contributed by atoms with Crippen molar-refractivity contribution in [1.82, 2.24) is 0 Å². The van der Waals surface area contributed by atoms with Gasteiger partial charge < -0.3 is 0 Å². The molecule has 38 heavy (non-hydrogen) atoms. The van der Waals surface area contributed by atoms with Gasteiger partial charge in [0.15, 0.2) is 0 Å². The van der Waals surface area contributed by atoms with Crippen molar-refractivity contribution < 1.29 is 14.5 Å². The Morgan fingerprint density at radius 3 is 1.24 bits per heavy atom. The molecular weight excluding hydrogens is 476 g/mol. The second-order valence-electron chi connectivity index (χ2n) is 8.61. The van der Waals surface area contributed by atoms with E-state index in [0.29, 0.717) is 11.1 Å². The Morgan fingerprint density at radius 1 is 0.500 bits per heavy atom. The number of nitro benzene ring substituents is 1. The van der Waals surface area contributed by atoms with Gasteiger partial charge in [-0.25, -0.2) is 4.90 Å². The van der Waals surface area contributed by atoms with Gasteiger partial charge in [-0.1, -0.05) is 84.9 Å². The Labute approximate surface area is 219 Å². The molecule has 0 saturated heterocycles. The largest absolute Gasteiger partial charge is 0.269 e. The zero-order chi connectivity index (χ0) is 26.5. The highest BCUT2D eigenvalue weighted by Crippen LogP contribution is 2.26. The molecule has 0 radical (unpaired) electrons. The summed E-state index contributed by atoms with van der Waals surface area (Å²) in [6.45, 7) is 0. The van der Waals surface area contributed by atoms with Crippen LogP contribution in [0.5, 0.6) is 0 Å². The lowest BCUT2D eigenvalue weighted by Crippen LogP contribution is -2.37. The van der Waals surface area contributed by atoms with Crippen LogP contribution in [-0.4, -0.2) is 16.7 Å². The molecule has 6 heteroatoms. The van der Waals surface area contributed by atoms with E-state index in [1.165, 1.54) is 24.3 Å². The maximum Gasteiger partial charge on any atom is 0.269 e. The van der Waals surface area contributed by atoms with Gasteiger partial charge in [0, 0.05) is 23.3 Å². The molecule has 0 aromatic heterocycles. The third kappa shape index (κ3) is 5.10. The van der Waals surface area contributed by atoms with Crippen molar-refractivity contribution in [2.24, 2.45) is 0 Å². The van der Waals surface area contributed by atoms with E-state index in [1.54, 1.807) is 24.3 Å². The monoisotopic (exact) mass is 498 g/mol. The molecule has 0 N–H and O–H groups in total. The molecule has 0 unspecified atom stereocenters. The van der Waals surface area contributed by atoms with E-state index >= 15 is 0 Å². The molecule has 5 rings (SSSR count). The first-order chi connectivity index (χ1) is 18.5. The van der Waals surface area contributed by atoms with Crippen LogP contribution in [-0.2, 0) is 0 Å². The second kappa shape index (κ2) is 10.7. The molecule has 0 spiro atoms. The van der Waals surface area contributed by atoms with Gasteiger partial charge in [0.2, 0.25) is 0 Å². The number of nitrogens with zero attached hydrogens (tertiary/aromatic N) is 2. The minimum Gasteiger partial charge on any atom is -0.268 e. The van der Waals surface area contributed by atoms with E-state index in [0.717, 1.165) is 27.2 Å². The standard InChI is InChI=1S/C32H22N2O4/c35-31(27-15-11-25(12-16-27)23-7-3-1-4-8-23)33(29-19-21-30(22-20-29)34(37)38)32(36)28-17-13-26(14-18-28)24-9-5-2-6-10-24/h1-22H. The number of nitro groups is 1. The molecule has 0 aliphatic rings. The number of benzene rings is 5. The highest BCUT2D eigenvalue weighted by atomic mass is 16.6. The van der Waals surface area contributed by atoms with E-state index in [4.69, 9.17) is 0 Å². The van der Waals surface area contributed by atoms with Crippen LogP contribution in [0.2, 0.25) is 0 Å². The molecular formula is C32H22N2O4. The summed E-state index contributed by atoms with van der Waals surface area (Å²) in [5.74, 6) is -1.06. The Morgan fingerprint density at radius 2 is 0.868 bits per heavy atom. The highest BCUT2D eigenvalue weighted by molar-refractivity contribution is 6.25. The summed E-state index contributed by atoms with van der Waals surface area (Å²) in [5, 5.41) is 11.1. The predicted octanol–water partition coefficient (Wildman–Crippen LogP) is 7.42. The Hall–Kier alpha value is -5.36. The van der Waals surface area contributed by atoms with Crippen molar-refractivity contribution in [1.29, 1.82) is 0 Å². The fourth-order valence-corrected chi connectivity index (χ4v) is 4.18. The number of carbonyl (C=O) groups excluding carboxylic acids is 2. The van der Waals surface area contributed by atoms with Crippen LogP contribution in [0.15, 0.2) is 133 Å². The van der Waals surface area contributed by atoms with E-state index in [1.807, 2.05) is 84.9 Å². The van der Waals surface area contributed by atoms with Gasteiger partial charge in [-0.05, 0) is 58.7 Å². The molecule has 0 heterocycles. The average Bonchev–Trinajstić information content (AvgIpc) is 2.98. The number of hydrogen-bond acceptors (Lipinski definition) is 4. The minimum absolute atomic E-state index is 0.131. The molecule has 5 aromatic carbocycles. The smallest absolute Gasteiger partial charge is 0.268 e. The molecule has 0 saturated carbocycles.